The van der Waals surface area contributed by atoms with Gasteiger partial charge in [0.25, 0.3) is 0 Å². The number of ether oxygens (including phenoxy) is 1. The van der Waals surface area contributed by atoms with Crippen LogP contribution >= 0.6 is 0 Å². The summed E-state index contributed by atoms with van der Waals surface area (Å²) in [5.41, 5.74) is 2.80. The third-order valence-corrected chi connectivity index (χ3v) is 4.63. The summed E-state index contributed by atoms with van der Waals surface area (Å²) in [5, 5.41) is 0. The molecule has 0 atom stereocenters. The molecule has 0 N–H and O–H groups in total. The van der Waals surface area contributed by atoms with Crippen LogP contribution in [0.3, 0.4) is 0 Å². The average molecular weight is 363 g/mol. The Balaban J connectivity index is 1.60. The van der Waals surface area contributed by atoms with Crippen molar-refractivity contribution in [2.75, 3.05) is 6.61 Å². The van der Waals surface area contributed by atoms with Crippen LogP contribution in [0.1, 0.15) is 60.0 Å². The molecule has 0 aliphatic rings. The number of benzene rings is 2. The molecule has 0 aliphatic carbocycles. The van der Waals surface area contributed by atoms with E-state index in [0.29, 0.717) is 5.76 Å². The Kier molecular flexibility index (Phi) is 9.12. The SMILES string of the molecule is C=CC(=C)OCCCCCCCCc1ccc(C(=O)c2ccccc2)cc1. The molecule has 0 radical (unpaired) electrons. The second kappa shape index (κ2) is 11.9. The van der Waals surface area contributed by atoms with Crippen molar-refractivity contribution in [2.45, 2.75) is 44.9 Å². The Morgan fingerprint density at radius 3 is 2.07 bits per heavy atom. The molecule has 0 bridgehead atoms. The first-order valence-corrected chi connectivity index (χ1v) is 9.83. The van der Waals surface area contributed by atoms with E-state index in [-0.39, 0.29) is 5.78 Å². The van der Waals surface area contributed by atoms with Gasteiger partial charge in [-0.05, 0) is 30.9 Å². The first kappa shape index (κ1) is 20.7. The molecular weight excluding hydrogens is 332 g/mol. The lowest BCUT2D eigenvalue weighted by atomic mass is 10.00. The molecule has 0 aromatic heterocycles. The molecule has 0 saturated heterocycles. The minimum Gasteiger partial charge on any atom is -0.494 e. The van der Waals surface area contributed by atoms with E-state index in [9.17, 15) is 4.79 Å². The fourth-order valence-corrected chi connectivity index (χ4v) is 2.98. The molecular formula is C25H30O2. The Morgan fingerprint density at radius 1 is 0.815 bits per heavy atom. The quantitative estimate of drug-likeness (QED) is 0.175. The van der Waals surface area contributed by atoms with Crippen molar-refractivity contribution in [1.82, 2.24) is 0 Å². The van der Waals surface area contributed by atoms with Crippen LogP contribution in [0, 0.1) is 0 Å². The maximum Gasteiger partial charge on any atom is 0.193 e. The molecule has 27 heavy (non-hydrogen) atoms. The molecule has 2 aromatic rings. The van der Waals surface area contributed by atoms with Gasteiger partial charge in [-0.25, -0.2) is 0 Å². The maximum absolute atomic E-state index is 12.4. The monoisotopic (exact) mass is 362 g/mol. The number of carbonyl (C=O) groups is 1. The molecule has 2 nitrogen and oxygen atoms in total. The molecule has 0 fully saturated rings. The fraction of sp³-hybridized carbons (Fsp3) is 0.320. The van der Waals surface area contributed by atoms with Gasteiger partial charge < -0.3 is 4.74 Å². The molecule has 2 aromatic carbocycles. The number of allylic oxidation sites excluding steroid dienone is 1. The van der Waals surface area contributed by atoms with Crippen molar-refractivity contribution >= 4 is 5.78 Å². The van der Waals surface area contributed by atoms with Gasteiger partial charge in [0.05, 0.1) is 6.61 Å². The van der Waals surface area contributed by atoms with Gasteiger partial charge in [0.1, 0.15) is 5.76 Å². The van der Waals surface area contributed by atoms with Crippen LogP contribution in [-0.2, 0) is 11.2 Å². The lowest BCUT2D eigenvalue weighted by Gasteiger charge is -2.06. The highest BCUT2D eigenvalue weighted by molar-refractivity contribution is 6.08. The zero-order chi connectivity index (χ0) is 19.3. The van der Waals surface area contributed by atoms with Gasteiger partial charge in [0, 0.05) is 11.1 Å². The average Bonchev–Trinajstić information content (AvgIpc) is 2.73. The highest BCUT2D eigenvalue weighted by Gasteiger charge is 2.07. The van der Waals surface area contributed by atoms with Gasteiger partial charge in [-0.3, -0.25) is 4.79 Å². The normalized spacial score (nSPS) is 10.4. The molecule has 0 unspecified atom stereocenters. The second-order valence-corrected chi connectivity index (χ2v) is 6.78. The summed E-state index contributed by atoms with van der Waals surface area (Å²) >= 11 is 0. The van der Waals surface area contributed by atoms with E-state index in [2.05, 4.69) is 25.3 Å². The Morgan fingerprint density at radius 2 is 1.41 bits per heavy atom. The first-order valence-electron chi connectivity index (χ1n) is 9.83. The van der Waals surface area contributed by atoms with Crippen LogP contribution in [-0.4, -0.2) is 12.4 Å². The molecule has 2 rings (SSSR count). The lowest BCUT2D eigenvalue weighted by Crippen LogP contribution is -2.01. The summed E-state index contributed by atoms with van der Waals surface area (Å²) in [6, 6.07) is 17.5. The summed E-state index contributed by atoms with van der Waals surface area (Å²) in [4.78, 5) is 12.4. The maximum atomic E-state index is 12.4. The Labute approximate surface area is 163 Å². The zero-order valence-corrected chi connectivity index (χ0v) is 16.2. The number of unbranched alkanes of at least 4 members (excludes halogenated alkanes) is 5. The Hall–Kier alpha value is -2.61. The predicted molar refractivity (Wildman–Crippen MR) is 113 cm³/mol. The van der Waals surface area contributed by atoms with Gasteiger partial charge >= 0.3 is 0 Å². The van der Waals surface area contributed by atoms with Gasteiger partial charge in [-0.2, -0.15) is 0 Å². The highest BCUT2D eigenvalue weighted by atomic mass is 16.5. The largest absolute Gasteiger partial charge is 0.494 e. The van der Waals surface area contributed by atoms with Crippen LogP contribution in [0.5, 0.6) is 0 Å². The van der Waals surface area contributed by atoms with E-state index >= 15 is 0 Å². The van der Waals surface area contributed by atoms with Gasteiger partial charge in [-0.15, -0.1) is 0 Å². The van der Waals surface area contributed by atoms with E-state index in [1.807, 2.05) is 42.5 Å². The molecule has 142 valence electrons. The summed E-state index contributed by atoms with van der Waals surface area (Å²) in [7, 11) is 0. The van der Waals surface area contributed by atoms with Gasteiger partial charge in [0.15, 0.2) is 5.78 Å². The molecule has 0 amide bonds. The molecule has 0 heterocycles. The van der Waals surface area contributed by atoms with Crippen LogP contribution in [0.4, 0.5) is 0 Å². The number of aryl methyl sites for hydroxylation is 1. The van der Waals surface area contributed by atoms with E-state index in [4.69, 9.17) is 4.74 Å². The molecule has 2 heteroatoms. The number of ketones is 1. The number of hydrogen-bond acceptors (Lipinski definition) is 2. The minimum atomic E-state index is 0.0859. The molecule has 0 aliphatic heterocycles. The van der Waals surface area contributed by atoms with Crippen LogP contribution in [0.25, 0.3) is 0 Å². The summed E-state index contributed by atoms with van der Waals surface area (Å²) in [6.45, 7) is 8.09. The van der Waals surface area contributed by atoms with E-state index in [1.54, 1.807) is 6.08 Å². The first-order chi connectivity index (χ1) is 13.2. The summed E-state index contributed by atoms with van der Waals surface area (Å²) in [6.07, 6.45) is 9.92. The minimum absolute atomic E-state index is 0.0859. The van der Waals surface area contributed by atoms with Crippen molar-refractivity contribution in [2.24, 2.45) is 0 Å². The number of carbonyl (C=O) groups excluding carboxylic acids is 1. The van der Waals surface area contributed by atoms with Crippen molar-refractivity contribution in [3.8, 4) is 0 Å². The number of hydrogen-bond donors (Lipinski definition) is 0. The van der Waals surface area contributed by atoms with E-state index in [0.717, 1.165) is 30.6 Å². The van der Waals surface area contributed by atoms with Crippen molar-refractivity contribution in [3.63, 3.8) is 0 Å². The van der Waals surface area contributed by atoms with Crippen molar-refractivity contribution in [1.29, 1.82) is 0 Å². The van der Waals surface area contributed by atoms with Crippen LogP contribution in [0.15, 0.2) is 79.6 Å². The van der Waals surface area contributed by atoms with Crippen LogP contribution in [0.2, 0.25) is 0 Å². The smallest absolute Gasteiger partial charge is 0.193 e. The lowest BCUT2D eigenvalue weighted by molar-refractivity contribution is 0.103. The molecule has 0 saturated carbocycles. The van der Waals surface area contributed by atoms with Gasteiger partial charge in [0.2, 0.25) is 0 Å². The zero-order valence-electron chi connectivity index (χ0n) is 16.2. The topological polar surface area (TPSA) is 26.3 Å². The van der Waals surface area contributed by atoms with Crippen molar-refractivity contribution in [3.05, 3.63) is 96.3 Å². The van der Waals surface area contributed by atoms with Crippen molar-refractivity contribution < 1.29 is 9.53 Å². The standard InChI is InChI=1S/C25H30O2/c1-3-21(2)27-20-12-7-5-4-6-9-13-22-16-18-24(19-17-22)25(26)23-14-10-8-11-15-23/h3,8,10-11,14-19H,1-2,4-7,9,12-13,20H2. The van der Waals surface area contributed by atoms with Gasteiger partial charge in [-0.1, -0.05) is 93.4 Å². The Bertz CT molecular complexity index is 714. The molecule has 0 spiro atoms. The summed E-state index contributed by atoms with van der Waals surface area (Å²) in [5.74, 6) is 0.745. The predicted octanol–water partition coefficient (Wildman–Crippen LogP) is 6.52. The van der Waals surface area contributed by atoms with Crippen LogP contribution < -0.4 is 0 Å². The van der Waals surface area contributed by atoms with E-state index in [1.165, 1.54) is 37.7 Å². The second-order valence-electron chi connectivity index (χ2n) is 6.78. The number of rotatable bonds is 13. The highest BCUT2D eigenvalue weighted by Crippen LogP contribution is 2.14. The third kappa shape index (κ3) is 7.65. The van der Waals surface area contributed by atoms with E-state index < -0.39 is 0 Å². The fourth-order valence-electron chi connectivity index (χ4n) is 2.98. The third-order valence-electron chi connectivity index (χ3n) is 4.63. The summed E-state index contributed by atoms with van der Waals surface area (Å²) < 4.78 is 5.39.